The monoisotopic (exact) mass is 812 g/mol. The molecule has 1 aliphatic carbocycles. The lowest BCUT2D eigenvalue weighted by Gasteiger charge is -2.39. The Morgan fingerprint density at radius 1 is 0.966 bits per heavy atom. The predicted octanol–water partition coefficient (Wildman–Crippen LogP) is 0.642. The van der Waals surface area contributed by atoms with E-state index >= 15 is 0 Å². The van der Waals surface area contributed by atoms with E-state index in [-0.39, 0.29) is 51.4 Å². The second-order valence-electron chi connectivity index (χ2n) is 15.1. The van der Waals surface area contributed by atoms with E-state index in [1.165, 1.54) is 0 Å². The summed E-state index contributed by atoms with van der Waals surface area (Å²) in [6.07, 6.45) is -4.26. The summed E-state index contributed by atoms with van der Waals surface area (Å²) >= 11 is 0. The topological polar surface area (TPSA) is 249 Å². The van der Waals surface area contributed by atoms with Crippen LogP contribution in [-0.2, 0) is 44.6 Å². The molecule has 7 N–H and O–H groups in total. The highest BCUT2D eigenvalue weighted by Gasteiger charge is 2.44. The first-order valence-electron chi connectivity index (χ1n) is 19.0. The molecule has 2 heterocycles. The number of ether oxygens (including phenoxy) is 6. The molecule has 2 aliphatic heterocycles. The number of esters is 2. The Morgan fingerprint density at radius 3 is 2.48 bits per heavy atom. The van der Waals surface area contributed by atoms with Gasteiger partial charge >= 0.3 is 11.9 Å². The molecule has 0 unspecified atom stereocenters. The van der Waals surface area contributed by atoms with Gasteiger partial charge in [-0.3, -0.25) is 14.4 Å². The van der Waals surface area contributed by atoms with Crippen LogP contribution in [0.25, 0.3) is 6.08 Å². The summed E-state index contributed by atoms with van der Waals surface area (Å²) in [5.41, 5.74) is 1.26. The minimum atomic E-state index is -1.58. The van der Waals surface area contributed by atoms with Gasteiger partial charge in [-0.1, -0.05) is 42.5 Å². The van der Waals surface area contributed by atoms with Crippen molar-refractivity contribution in [2.45, 2.75) is 107 Å². The molecular formula is C41H52N2O15. The molecule has 0 aromatic heterocycles. The average molecular weight is 813 g/mol. The third-order valence-electron chi connectivity index (χ3n) is 9.55. The van der Waals surface area contributed by atoms with Crippen LogP contribution in [0, 0.1) is 0 Å². The molecule has 2 saturated heterocycles. The van der Waals surface area contributed by atoms with E-state index in [4.69, 9.17) is 28.4 Å². The average Bonchev–Trinajstić information content (AvgIpc) is 3.69. The third-order valence-corrected chi connectivity index (χ3v) is 9.55. The van der Waals surface area contributed by atoms with Crippen LogP contribution in [0.3, 0.4) is 0 Å². The fraction of sp³-hybridized carbons (Fsp3) is 0.512. The SMILES string of the molecule is CC(C)(C)OC(=O)CC[C@@H](CO)NC(=O)c1cccc(CNC(=O)C2=C[C@H]3OCO[C@H]3[C@H](OC(=O)c3ccccc3C=CCO[C@H]3O[C@H](CO)[C@H](O)[C@H](O)[C@H]3O)C2)c1. The maximum Gasteiger partial charge on any atom is 0.339 e. The molecule has 0 bridgehead atoms. The van der Waals surface area contributed by atoms with Crippen LogP contribution < -0.4 is 10.6 Å². The lowest BCUT2D eigenvalue weighted by atomic mass is 9.91. The highest BCUT2D eigenvalue weighted by molar-refractivity contribution is 5.96. The van der Waals surface area contributed by atoms with Gasteiger partial charge in [0.25, 0.3) is 5.91 Å². The van der Waals surface area contributed by atoms with E-state index in [0.29, 0.717) is 22.3 Å². The van der Waals surface area contributed by atoms with Gasteiger partial charge in [-0.2, -0.15) is 0 Å². The van der Waals surface area contributed by atoms with Crippen LogP contribution in [-0.4, -0.2) is 137 Å². The summed E-state index contributed by atoms with van der Waals surface area (Å²) in [7, 11) is 0. The van der Waals surface area contributed by atoms with Gasteiger partial charge in [0.1, 0.15) is 55.1 Å². The van der Waals surface area contributed by atoms with E-state index in [0.717, 1.165) is 0 Å². The van der Waals surface area contributed by atoms with Gasteiger partial charge in [-0.15, -0.1) is 0 Å². The minimum Gasteiger partial charge on any atom is -0.460 e. The molecule has 2 aromatic carbocycles. The second kappa shape index (κ2) is 20.4. The Balaban J connectivity index is 1.15. The van der Waals surface area contributed by atoms with Crippen molar-refractivity contribution in [2.24, 2.45) is 0 Å². The summed E-state index contributed by atoms with van der Waals surface area (Å²) in [5, 5.41) is 55.0. The Hall–Kier alpha value is -4.56. The third kappa shape index (κ3) is 12.0. The van der Waals surface area contributed by atoms with E-state index in [9.17, 15) is 44.7 Å². The van der Waals surface area contributed by atoms with Crippen molar-refractivity contribution in [3.63, 3.8) is 0 Å². The number of rotatable bonds is 16. The maximum absolute atomic E-state index is 13.6. The number of nitrogens with one attached hydrogen (secondary N) is 2. The number of carbonyl (C=O) groups is 4. The zero-order valence-electron chi connectivity index (χ0n) is 32.5. The molecule has 9 atom stereocenters. The van der Waals surface area contributed by atoms with E-state index in [1.54, 1.807) is 87.5 Å². The van der Waals surface area contributed by atoms with Gasteiger partial charge in [0, 0.05) is 30.5 Å². The largest absolute Gasteiger partial charge is 0.460 e. The number of aliphatic hydroxyl groups is 5. The van der Waals surface area contributed by atoms with Gasteiger partial charge in [0.2, 0.25) is 5.91 Å². The quantitative estimate of drug-likeness (QED) is 0.115. The number of benzene rings is 2. The minimum absolute atomic E-state index is 0.0173. The van der Waals surface area contributed by atoms with E-state index in [1.807, 2.05) is 0 Å². The fourth-order valence-electron chi connectivity index (χ4n) is 6.56. The molecule has 17 heteroatoms. The Bertz CT molecular complexity index is 1810. The van der Waals surface area contributed by atoms with Crippen LogP contribution in [0.15, 0.2) is 66.3 Å². The summed E-state index contributed by atoms with van der Waals surface area (Å²) < 4.78 is 33.5. The molecule has 0 radical (unpaired) electrons. The van der Waals surface area contributed by atoms with Gasteiger partial charge in [0.05, 0.1) is 31.4 Å². The summed E-state index contributed by atoms with van der Waals surface area (Å²) in [5.74, 6) is -2.01. The maximum atomic E-state index is 13.6. The number of aliphatic hydroxyl groups excluding tert-OH is 5. The molecule has 2 amide bonds. The lowest BCUT2D eigenvalue weighted by Crippen LogP contribution is -2.59. The molecule has 5 rings (SSSR count). The van der Waals surface area contributed by atoms with Crippen molar-refractivity contribution < 1.29 is 73.1 Å². The van der Waals surface area contributed by atoms with E-state index < -0.39 is 91.0 Å². The summed E-state index contributed by atoms with van der Waals surface area (Å²) in [6, 6.07) is 12.5. The van der Waals surface area contributed by atoms with Gasteiger partial charge in [-0.05, 0) is 62.6 Å². The molecule has 316 valence electrons. The van der Waals surface area contributed by atoms with Gasteiger partial charge in [0.15, 0.2) is 6.29 Å². The smallest absolute Gasteiger partial charge is 0.339 e. The van der Waals surface area contributed by atoms with Crippen molar-refractivity contribution in [2.75, 3.05) is 26.6 Å². The Morgan fingerprint density at radius 2 is 1.74 bits per heavy atom. The van der Waals surface area contributed by atoms with Crippen LogP contribution >= 0.6 is 0 Å². The molecular weight excluding hydrogens is 760 g/mol. The first-order chi connectivity index (χ1) is 27.7. The van der Waals surface area contributed by atoms with Crippen molar-refractivity contribution >= 4 is 29.8 Å². The second-order valence-corrected chi connectivity index (χ2v) is 15.1. The number of hydrogen-bond donors (Lipinski definition) is 7. The molecule has 0 saturated carbocycles. The molecule has 17 nitrogen and oxygen atoms in total. The number of fused-ring (bicyclic) bond motifs is 1. The molecule has 2 aromatic rings. The van der Waals surface area contributed by atoms with Crippen molar-refractivity contribution in [1.29, 1.82) is 0 Å². The lowest BCUT2D eigenvalue weighted by molar-refractivity contribution is -0.298. The van der Waals surface area contributed by atoms with Gasteiger partial charge < -0.3 is 64.6 Å². The van der Waals surface area contributed by atoms with Crippen molar-refractivity contribution in [3.8, 4) is 0 Å². The van der Waals surface area contributed by atoms with Crippen LogP contribution in [0.1, 0.15) is 71.9 Å². The number of hydrogen-bond acceptors (Lipinski definition) is 15. The predicted molar refractivity (Wildman–Crippen MR) is 203 cm³/mol. The first kappa shape index (κ1) is 44.5. The zero-order chi connectivity index (χ0) is 42.0. The van der Waals surface area contributed by atoms with Crippen LogP contribution in [0.4, 0.5) is 0 Å². The normalized spacial score (nSPS) is 26.3. The van der Waals surface area contributed by atoms with E-state index in [2.05, 4.69) is 10.6 Å². The Kier molecular flexibility index (Phi) is 15.7. The standard InChI is InChI=1S/C41H52N2O15/c1-41(2,3)58-32(46)14-13-27(20-44)43-38(51)25-10-6-8-23(16-25)19-42-37(50)26-17-29-36(55-22-54-29)30(18-26)56-39(52)28-12-5-4-9-24(28)11-7-15-53-40-35(49)34(48)33(47)31(21-45)57-40/h4-12,16-17,27,29-31,33-36,40,44-45,47-49H,13-15,18-22H2,1-3H3,(H,42,50)(H,43,51)/t27-,29+,30+,31+,33-,34-,35+,36+,40-/m0/s1. The fourth-order valence-corrected chi connectivity index (χ4v) is 6.56. The molecule has 0 spiro atoms. The summed E-state index contributed by atoms with van der Waals surface area (Å²) in [6.45, 7) is 4.18. The number of carbonyl (C=O) groups excluding carboxylic acids is 4. The highest BCUT2D eigenvalue weighted by atomic mass is 16.7. The van der Waals surface area contributed by atoms with Crippen molar-refractivity contribution in [1.82, 2.24) is 10.6 Å². The highest BCUT2D eigenvalue weighted by Crippen LogP contribution is 2.31. The van der Waals surface area contributed by atoms with Gasteiger partial charge in [-0.25, -0.2) is 4.79 Å². The number of amides is 2. The molecule has 3 aliphatic rings. The zero-order valence-corrected chi connectivity index (χ0v) is 32.5. The molecule has 58 heavy (non-hydrogen) atoms. The van der Waals surface area contributed by atoms with Crippen molar-refractivity contribution in [3.05, 3.63) is 88.5 Å². The van der Waals surface area contributed by atoms with Crippen LogP contribution in [0.2, 0.25) is 0 Å². The summed E-state index contributed by atoms with van der Waals surface area (Å²) in [4.78, 5) is 52.1. The molecule has 2 fully saturated rings. The first-order valence-corrected chi connectivity index (χ1v) is 19.0. The van der Waals surface area contributed by atoms with Crippen LogP contribution in [0.5, 0.6) is 0 Å². The Labute approximate surface area is 335 Å².